The van der Waals surface area contributed by atoms with Gasteiger partial charge in [0.2, 0.25) is 5.91 Å². The van der Waals surface area contributed by atoms with Gasteiger partial charge in [-0.05, 0) is 80.3 Å². The van der Waals surface area contributed by atoms with Gasteiger partial charge >= 0.3 is 0 Å². The van der Waals surface area contributed by atoms with E-state index in [4.69, 9.17) is 0 Å². The Balaban J connectivity index is 1.41. The standard InChI is InChI=1S/C19H26N2O/c22-19(13-21-9-2-1-3-10-21)20-18-8-7-16-11-14-5-4-6-15(14)12-17(16)18/h11-12,18H,1-10,13H2,(H,20,22)/t18-/m0/s1. The quantitative estimate of drug-likeness (QED) is 0.930. The van der Waals surface area contributed by atoms with Crippen molar-refractivity contribution in [2.45, 2.75) is 57.4 Å². The molecule has 0 bridgehead atoms. The van der Waals surface area contributed by atoms with E-state index in [1.54, 1.807) is 5.56 Å². The third-order valence-electron chi connectivity index (χ3n) is 5.58. The van der Waals surface area contributed by atoms with E-state index in [9.17, 15) is 4.79 Å². The number of nitrogens with zero attached hydrogens (tertiary/aromatic N) is 1. The Morgan fingerprint density at radius 1 is 1.00 bits per heavy atom. The number of hydrogen-bond acceptors (Lipinski definition) is 2. The third kappa shape index (κ3) is 2.79. The number of benzene rings is 1. The maximum Gasteiger partial charge on any atom is 0.234 e. The zero-order valence-corrected chi connectivity index (χ0v) is 13.4. The van der Waals surface area contributed by atoms with Crippen molar-refractivity contribution in [3.8, 4) is 0 Å². The molecular weight excluding hydrogens is 272 g/mol. The van der Waals surface area contributed by atoms with Crippen LogP contribution in [-0.2, 0) is 24.1 Å². The topological polar surface area (TPSA) is 32.3 Å². The monoisotopic (exact) mass is 298 g/mol. The van der Waals surface area contributed by atoms with Crippen LogP contribution in [0.2, 0.25) is 0 Å². The Bertz CT molecular complexity index is 575. The van der Waals surface area contributed by atoms with Crippen molar-refractivity contribution in [3.63, 3.8) is 0 Å². The van der Waals surface area contributed by atoms with Gasteiger partial charge < -0.3 is 5.32 Å². The summed E-state index contributed by atoms with van der Waals surface area (Å²) in [6, 6.07) is 5.04. The molecule has 0 spiro atoms. The fraction of sp³-hybridized carbons (Fsp3) is 0.632. The highest BCUT2D eigenvalue weighted by Crippen LogP contribution is 2.36. The Kier molecular flexibility index (Phi) is 3.91. The first-order valence-electron chi connectivity index (χ1n) is 8.96. The van der Waals surface area contributed by atoms with E-state index in [1.807, 2.05) is 0 Å². The molecule has 1 N–H and O–H groups in total. The SMILES string of the molecule is O=C(CN1CCCCC1)N[C@H]1CCc2cc3c(cc21)CCC3. The first-order valence-corrected chi connectivity index (χ1v) is 8.96. The summed E-state index contributed by atoms with van der Waals surface area (Å²) in [5.74, 6) is 0.209. The zero-order chi connectivity index (χ0) is 14.9. The number of hydrogen-bond donors (Lipinski definition) is 1. The summed E-state index contributed by atoms with van der Waals surface area (Å²) >= 11 is 0. The van der Waals surface area contributed by atoms with E-state index in [1.165, 1.54) is 55.2 Å². The number of rotatable bonds is 3. The molecule has 0 radical (unpaired) electrons. The normalized spacial score (nSPS) is 24.1. The minimum atomic E-state index is 0.209. The van der Waals surface area contributed by atoms with Crippen molar-refractivity contribution in [3.05, 3.63) is 34.4 Å². The van der Waals surface area contributed by atoms with Gasteiger partial charge in [0.05, 0.1) is 12.6 Å². The molecule has 0 saturated carbocycles. The number of likely N-dealkylation sites (tertiary alicyclic amines) is 1. The van der Waals surface area contributed by atoms with Crippen LogP contribution in [0.1, 0.15) is 60.4 Å². The Labute approximate surface area is 133 Å². The number of amides is 1. The lowest BCUT2D eigenvalue weighted by atomic mass is 10.0. The second-order valence-corrected chi connectivity index (χ2v) is 7.17. The largest absolute Gasteiger partial charge is 0.348 e. The molecule has 1 atom stereocenters. The minimum absolute atomic E-state index is 0.209. The van der Waals surface area contributed by atoms with Crippen molar-refractivity contribution in [2.24, 2.45) is 0 Å². The zero-order valence-electron chi connectivity index (χ0n) is 13.4. The molecule has 1 aliphatic heterocycles. The van der Waals surface area contributed by atoms with Crippen LogP contribution in [-0.4, -0.2) is 30.4 Å². The molecule has 4 rings (SSSR count). The van der Waals surface area contributed by atoms with E-state index in [2.05, 4.69) is 22.3 Å². The number of aryl methyl sites for hydroxylation is 3. The average Bonchev–Trinajstić information content (AvgIpc) is 3.13. The van der Waals surface area contributed by atoms with Crippen LogP contribution in [0.5, 0.6) is 0 Å². The summed E-state index contributed by atoms with van der Waals surface area (Å²) in [6.07, 6.45) is 9.76. The van der Waals surface area contributed by atoms with Gasteiger partial charge in [-0.2, -0.15) is 0 Å². The average molecular weight is 298 g/mol. The molecule has 1 aromatic rings. The second kappa shape index (κ2) is 6.04. The van der Waals surface area contributed by atoms with Crippen LogP contribution >= 0.6 is 0 Å². The maximum absolute atomic E-state index is 12.4. The smallest absolute Gasteiger partial charge is 0.234 e. The molecule has 118 valence electrons. The Morgan fingerprint density at radius 3 is 2.59 bits per heavy atom. The molecule has 0 aromatic heterocycles. The lowest BCUT2D eigenvalue weighted by molar-refractivity contribution is -0.123. The van der Waals surface area contributed by atoms with Crippen LogP contribution in [0.25, 0.3) is 0 Å². The van der Waals surface area contributed by atoms with Gasteiger partial charge in [-0.3, -0.25) is 9.69 Å². The highest BCUT2D eigenvalue weighted by Gasteiger charge is 2.27. The molecule has 1 fully saturated rings. The van der Waals surface area contributed by atoms with E-state index >= 15 is 0 Å². The van der Waals surface area contributed by atoms with Crippen LogP contribution in [0, 0.1) is 0 Å². The molecule has 3 aliphatic rings. The fourth-order valence-corrected chi connectivity index (χ4v) is 4.40. The van der Waals surface area contributed by atoms with Crippen LogP contribution < -0.4 is 5.32 Å². The van der Waals surface area contributed by atoms with Crippen molar-refractivity contribution in [2.75, 3.05) is 19.6 Å². The van der Waals surface area contributed by atoms with Gasteiger partial charge in [0.25, 0.3) is 0 Å². The number of nitrogens with one attached hydrogen (secondary N) is 1. The van der Waals surface area contributed by atoms with E-state index < -0.39 is 0 Å². The summed E-state index contributed by atoms with van der Waals surface area (Å²) in [6.45, 7) is 2.75. The summed E-state index contributed by atoms with van der Waals surface area (Å²) in [5.41, 5.74) is 5.95. The van der Waals surface area contributed by atoms with Gasteiger partial charge in [0.15, 0.2) is 0 Å². The molecular formula is C19H26N2O. The number of piperidine rings is 1. The summed E-state index contributed by atoms with van der Waals surface area (Å²) in [5, 5.41) is 3.29. The molecule has 2 aliphatic carbocycles. The van der Waals surface area contributed by atoms with E-state index in [0.29, 0.717) is 6.54 Å². The lowest BCUT2D eigenvalue weighted by Gasteiger charge is -2.26. The lowest BCUT2D eigenvalue weighted by Crippen LogP contribution is -2.40. The Morgan fingerprint density at radius 2 is 1.77 bits per heavy atom. The molecule has 22 heavy (non-hydrogen) atoms. The first kappa shape index (κ1) is 14.3. The van der Waals surface area contributed by atoms with Crippen molar-refractivity contribution < 1.29 is 4.79 Å². The molecule has 1 amide bonds. The third-order valence-corrected chi connectivity index (χ3v) is 5.58. The van der Waals surface area contributed by atoms with Crippen molar-refractivity contribution in [1.29, 1.82) is 0 Å². The highest BCUT2D eigenvalue weighted by molar-refractivity contribution is 5.78. The van der Waals surface area contributed by atoms with E-state index in [-0.39, 0.29) is 11.9 Å². The summed E-state index contributed by atoms with van der Waals surface area (Å²) in [7, 11) is 0. The van der Waals surface area contributed by atoms with Crippen LogP contribution in [0.3, 0.4) is 0 Å². The number of carbonyl (C=O) groups excluding carboxylic acids is 1. The van der Waals surface area contributed by atoms with Gasteiger partial charge in [-0.1, -0.05) is 18.6 Å². The molecule has 1 aromatic carbocycles. The predicted octanol–water partition coefficient (Wildman–Crippen LogP) is 2.76. The number of fused-ring (bicyclic) bond motifs is 2. The highest BCUT2D eigenvalue weighted by atomic mass is 16.2. The molecule has 1 heterocycles. The Hall–Kier alpha value is -1.35. The maximum atomic E-state index is 12.4. The first-order chi connectivity index (χ1) is 10.8. The van der Waals surface area contributed by atoms with Crippen molar-refractivity contribution in [1.82, 2.24) is 10.2 Å². The van der Waals surface area contributed by atoms with Crippen LogP contribution in [0.15, 0.2) is 12.1 Å². The molecule has 3 nitrogen and oxygen atoms in total. The summed E-state index contributed by atoms with van der Waals surface area (Å²) < 4.78 is 0. The van der Waals surface area contributed by atoms with Crippen molar-refractivity contribution >= 4 is 5.91 Å². The number of carbonyl (C=O) groups is 1. The fourth-order valence-electron chi connectivity index (χ4n) is 4.40. The molecule has 0 unspecified atom stereocenters. The molecule has 1 saturated heterocycles. The van der Waals surface area contributed by atoms with Gasteiger partial charge in [-0.15, -0.1) is 0 Å². The summed E-state index contributed by atoms with van der Waals surface area (Å²) in [4.78, 5) is 14.7. The minimum Gasteiger partial charge on any atom is -0.348 e. The van der Waals surface area contributed by atoms with Gasteiger partial charge in [0.1, 0.15) is 0 Å². The van der Waals surface area contributed by atoms with E-state index in [0.717, 1.165) is 25.9 Å². The second-order valence-electron chi connectivity index (χ2n) is 7.17. The molecule has 3 heteroatoms. The predicted molar refractivity (Wildman–Crippen MR) is 88.0 cm³/mol. The van der Waals surface area contributed by atoms with Gasteiger partial charge in [-0.25, -0.2) is 0 Å². The van der Waals surface area contributed by atoms with Gasteiger partial charge in [0, 0.05) is 0 Å². The van der Waals surface area contributed by atoms with Crippen LogP contribution in [0.4, 0.5) is 0 Å².